The Morgan fingerprint density at radius 3 is 2.58 bits per heavy atom. The summed E-state index contributed by atoms with van der Waals surface area (Å²) in [5.74, 6) is 0.413. The summed E-state index contributed by atoms with van der Waals surface area (Å²) in [6, 6.07) is 15.6. The van der Waals surface area contributed by atoms with Gasteiger partial charge in [0.05, 0.1) is 18.7 Å². The lowest BCUT2D eigenvalue weighted by molar-refractivity contribution is 0.102. The Morgan fingerprint density at radius 1 is 1.21 bits per heavy atom. The maximum absolute atomic E-state index is 12.0. The number of hydrogen-bond acceptors (Lipinski definition) is 3. The van der Waals surface area contributed by atoms with Crippen LogP contribution in [0.25, 0.3) is 0 Å². The van der Waals surface area contributed by atoms with Crippen LogP contribution in [0, 0.1) is 11.3 Å². The van der Waals surface area contributed by atoms with Crippen LogP contribution in [0.3, 0.4) is 0 Å². The molecule has 1 amide bonds. The van der Waals surface area contributed by atoms with Gasteiger partial charge in [-0.2, -0.15) is 5.26 Å². The molecule has 0 saturated carbocycles. The topological polar surface area (TPSA) is 62.1 Å². The van der Waals surface area contributed by atoms with Gasteiger partial charge in [-0.1, -0.05) is 6.07 Å². The molecule has 0 aromatic heterocycles. The van der Waals surface area contributed by atoms with E-state index in [9.17, 15) is 4.79 Å². The van der Waals surface area contributed by atoms with E-state index in [2.05, 4.69) is 5.32 Å². The number of nitrogens with zero attached hydrogens (tertiary/aromatic N) is 1. The van der Waals surface area contributed by atoms with Crippen molar-refractivity contribution in [1.82, 2.24) is 0 Å². The van der Waals surface area contributed by atoms with Crippen molar-refractivity contribution in [1.29, 1.82) is 5.26 Å². The van der Waals surface area contributed by atoms with Crippen molar-refractivity contribution >= 4 is 11.6 Å². The van der Waals surface area contributed by atoms with Gasteiger partial charge in [0.2, 0.25) is 0 Å². The van der Waals surface area contributed by atoms with Crippen LogP contribution in [0.15, 0.2) is 48.5 Å². The van der Waals surface area contributed by atoms with Gasteiger partial charge in [-0.3, -0.25) is 4.79 Å². The highest BCUT2D eigenvalue weighted by Gasteiger charge is 2.06. The Labute approximate surface area is 111 Å². The minimum Gasteiger partial charge on any atom is -0.497 e. The minimum absolute atomic E-state index is 0.219. The number of hydrogen-bond donors (Lipinski definition) is 1. The number of amides is 1. The van der Waals surface area contributed by atoms with Crippen molar-refractivity contribution in [3.05, 3.63) is 59.7 Å². The molecule has 0 bridgehead atoms. The number of carbonyl (C=O) groups is 1. The zero-order valence-corrected chi connectivity index (χ0v) is 10.4. The van der Waals surface area contributed by atoms with Gasteiger partial charge in [0, 0.05) is 11.3 Å². The average molecular weight is 252 g/mol. The summed E-state index contributed by atoms with van der Waals surface area (Å²) in [7, 11) is 1.55. The summed E-state index contributed by atoms with van der Waals surface area (Å²) in [6.07, 6.45) is 0. The van der Waals surface area contributed by atoms with E-state index in [0.717, 1.165) is 0 Å². The van der Waals surface area contributed by atoms with E-state index in [4.69, 9.17) is 10.00 Å². The highest BCUT2D eigenvalue weighted by molar-refractivity contribution is 6.04. The Morgan fingerprint density at radius 2 is 1.95 bits per heavy atom. The number of nitrogens with one attached hydrogen (secondary N) is 1. The molecular formula is C15H12N2O2. The lowest BCUT2D eigenvalue weighted by atomic mass is 10.2. The highest BCUT2D eigenvalue weighted by atomic mass is 16.5. The van der Waals surface area contributed by atoms with Crippen molar-refractivity contribution in [2.75, 3.05) is 12.4 Å². The summed E-state index contributed by atoms with van der Waals surface area (Å²) in [6.45, 7) is 0. The molecule has 0 saturated heterocycles. The third-order valence-corrected chi connectivity index (χ3v) is 2.60. The molecule has 0 atom stereocenters. The minimum atomic E-state index is -0.219. The van der Waals surface area contributed by atoms with Gasteiger partial charge < -0.3 is 10.1 Å². The Kier molecular flexibility index (Phi) is 3.79. The molecular weight excluding hydrogens is 240 g/mol. The Bertz CT molecular complexity index is 627. The second kappa shape index (κ2) is 5.69. The van der Waals surface area contributed by atoms with Crippen LogP contribution >= 0.6 is 0 Å². The van der Waals surface area contributed by atoms with Crippen molar-refractivity contribution in [2.24, 2.45) is 0 Å². The number of nitriles is 1. The van der Waals surface area contributed by atoms with Crippen LogP contribution in [0.5, 0.6) is 5.75 Å². The largest absolute Gasteiger partial charge is 0.497 e. The first-order chi connectivity index (χ1) is 9.22. The molecule has 0 aliphatic heterocycles. The van der Waals surface area contributed by atoms with Crippen LogP contribution in [0.1, 0.15) is 15.9 Å². The predicted molar refractivity (Wildman–Crippen MR) is 72.1 cm³/mol. The first kappa shape index (κ1) is 12.7. The zero-order chi connectivity index (χ0) is 13.7. The number of anilines is 1. The van der Waals surface area contributed by atoms with Crippen molar-refractivity contribution in [2.45, 2.75) is 0 Å². The molecule has 1 N–H and O–H groups in total. The van der Waals surface area contributed by atoms with Crippen LogP contribution in [0.2, 0.25) is 0 Å². The van der Waals surface area contributed by atoms with E-state index in [1.54, 1.807) is 55.6 Å². The molecule has 0 radical (unpaired) electrons. The van der Waals surface area contributed by atoms with Crippen LogP contribution < -0.4 is 10.1 Å². The second-order valence-corrected chi connectivity index (χ2v) is 3.88. The molecule has 4 nitrogen and oxygen atoms in total. The fraction of sp³-hybridized carbons (Fsp3) is 0.0667. The summed E-state index contributed by atoms with van der Waals surface area (Å²) >= 11 is 0. The lowest BCUT2D eigenvalue weighted by Crippen LogP contribution is -2.11. The van der Waals surface area contributed by atoms with E-state index in [-0.39, 0.29) is 5.91 Å². The first-order valence-electron chi connectivity index (χ1n) is 5.68. The predicted octanol–water partition coefficient (Wildman–Crippen LogP) is 2.82. The van der Waals surface area contributed by atoms with Gasteiger partial charge in [0.15, 0.2) is 0 Å². The van der Waals surface area contributed by atoms with Crippen molar-refractivity contribution < 1.29 is 9.53 Å². The number of ether oxygens (including phenoxy) is 1. The van der Waals surface area contributed by atoms with E-state index >= 15 is 0 Å². The number of methoxy groups -OCH3 is 1. The van der Waals surface area contributed by atoms with Crippen LogP contribution in [-0.4, -0.2) is 13.0 Å². The van der Waals surface area contributed by atoms with Gasteiger partial charge in [-0.15, -0.1) is 0 Å². The quantitative estimate of drug-likeness (QED) is 0.913. The number of benzene rings is 2. The van der Waals surface area contributed by atoms with Crippen molar-refractivity contribution in [3.8, 4) is 11.8 Å². The van der Waals surface area contributed by atoms with Crippen LogP contribution in [-0.2, 0) is 0 Å². The van der Waals surface area contributed by atoms with E-state index in [0.29, 0.717) is 22.6 Å². The molecule has 0 heterocycles. The summed E-state index contributed by atoms with van der Waals surface area (Å²) < 4.78 is 5.07. The third-order valence-electron chi connectivity index (χ3n) is 2.60. The summed E-state index contributed by atoms with van der Waals surface area (Å²) in [5.41, 5.74) is 1.72. The third kappa shape index (κ3) is 3.11. The number of rotatable bonds is 3. The maximum atomic E-state index is 12.0. The second-order valence-electron chi connectivity index (χ2n) is 3.88. The molecule has 2 rings (SSSR count). The van der Waals surface area contributed by atoms with E-state index in [1.807, 2.05) is 6.07 Å². The molecule has 94 valence electrons. The highest BCUT2D eigenvalue weighted by Crippen LogP contribution is 2.15. The summed E-state index contributed by atoms with van der Waals surface area (Å²) in [4.78, 5) is 12.0. The first-order valence-corrected chi connectivity index (χ1v) is 5.68. The van der Waals surface area contributed by atoms with Gasteiger partial charge >= 0.3 is 0 Å². The molecule has 0 unspecified atom stereocenters. The van der Waals surface area contributed by atoms with Crippen LogP contribution in [0.4, 0.5) is 5.69 Å². The normalized spacial score (nSPS) is 9.47. The van der Waals surface area contributed by atoms with Gasteiger partial charge in [-0.05, 0) is 42.5 Å². The molecule has 0 aliphatic rings. The number of carbonyl (C=O) groups excluding carboxylic acids is 1. The average Bonchev–Trinajstić information content (AvgIpc) is 2.48. The molecule has 0 aliphatic carbocycles. The summed E-state index contributed by atoms with van der Waals surface area (Å²) in [5, 5.41) is 11.5. The van der Waals surface area contributed by atoms with E-state index in [1.165, 1.54) is 0 Å². The smallest absolute Gasteiger partial charge is 0.255 e. The standard InChI is InChI=1S/C15H12N2O2/c1-19-14-4-2-3-12(9-14)15(18)17-13-7-5-11(10-16)6-8-13/h2-9H,1H3,(H,17,18). The SMILES string of the molecule is COc1cccc(C(=O)Nc2ccc(C#N)cc2)c1. The molecule has 2 aromatic carbocycles. The molecule has 4 heteroatoms. The van der Waals surface area contributed by atoms with Gasteiger partial charge in [-0.25, -0.2) is 0 Å². The molecule has 0 spiro atoms. The molecule has 0 fully saturated rings. The zero-order valence-electron chi connectivity index (χ0n) is 10.4. The Hall–Kier alpha value is -2.80. The maximum Gasteiger partial charge on any atom is 0.255 e. The van der Waals surface area contributed by atoms with Crippen molar-refractivity contribution in [3.63, 3.8) is 0 Å². The van der Waals surface area contributed by atoms with Gasteiger partial charge in [0.1, 0.15) is 5.75 Å². The fourth-order valence-electron chi connectivity index (χ4n) is 1.60. The molecule has 19 heavy (non-hydrogen) atoms. The fourth-order valence-corrected chi connectivity index (χ4v) is 1.60. The van der Waals surface area contributed by atoms with E-state index < -0.39 is 0 Å². The Balaban J connectivity index is 2.13. The lowest BCUT2D eigenvalue weighted by Gasteiger charge is -2.06. The van der Waals surface area contributed by atoms with Gasteiger partial charge in [0.25, 0.3) is 5.91 Å². The monoisotopic (exact) mass is 252 g/mol. The molecule has 2 aromatic rings.